The lowest BCUT2D eigenvalue weighted by Crippen LogP contribution is -1.83. The summed E-state index contributed by atoms with van der Waals surface area (Å²) < 4.78 is 0. The Morgan fingerprint density at radius 1 is 0.267 bits per heavy atom. The summed E-state index contributed by atoms with van der Waals surface area (Å²) in [5.74, 6) is 0. The molecule has 0 nitrogen and oxygen atoms in total. The highest BCUT2D eigenvalue weighted by molar-refractivity contribution is 4.81. The normalized spacial score (nSPS) is 11.7. The number of unbranched alkanes of at least 4 members (excludes halogenated alkanes) is 24. The summed E-state index contributed by atoms with van der Waals surface area (Å²) >= 11 is 0. The summed E-state index contributed by atoms with van der Waals surface area (Å²) in [6, 6.07) is 0. The second kappa shape index (κ2) is 28.7. The lowest BCUT2D eigenvalue weighted by atomic mass is 10.0. The average molecular weight is 419 g/mol. The molecule has 0 saturated carbocycles. The van der Waals surface area contributed by atoms with Crippen LogP contribution in [0.5, 0.6) is 0 Å². The number of hydrogen-bond acceptors (Lipinski definition) is 0. The molecule has 0 spiro atoms. The highest BCUT2D eigenvalue weighted by atomic mass is 14.0. The van der Waals surface area contributed by atoms with E-state index in [9.17, 15) is 0 Å². The third-order valence-electron chi connectivity index (χ3n) is 6.41. The first-order valence-electron chi connectivity index (χ1n) is 14.1. The van der Waals surface area contributed by atoms with E-state index in [2.05, 4.69) is 26.0 Å². The average Bonchev–Trinajstić information content (AvgIpc) is 2.76. The molecule has 0 aliphatic rings. The van der Waals surface area contributed by atoms with E-state index in [1.807, 2.05) is 0 Å². The van der Waals surface area contributed by atoms with Gasteiger partial charge < -0.3 is 0 Å². The Kier molecular flexibility index (Phi) is 28.5. The van der Waals surface area contributed by atoms with E-state index in [0.29, 0.717) is 0 Å². The fraction of sp³-hybridized carbons (Fsp3) is 0.867. The topological polar surface area (TPSA) is 0 Å². The van der Waals surface area contributed by atoms with Crippen LogP contribution in [0, 0.1) is 13.8 Å². The van der Waals surface area contributed by atoms with E-state index in [4.69, 9.17) is 0 Å². The molecule has 2 radical (unpaired) electrons. The monoisotopic (exact) mass is 418 g/mol. The van der Waals surface area contributed by atoms with Crippen molar-refractivity contribution < 1.29 is 0 Å². The van der Waals surface area contributed by atoms with Crippen molar-refractivity contribution in [1.29, 1.82) is 0 Å². The molecule has 0 rings (SSSR count). The van der Waals surface area contributed by atoms with Gasteiger partial charge in [-0.15, -0.1) is 0 Å². The van der Waals surface area contributed by atoms with Gasteiger partial charge in [-0.25, -0.2) is 0 Å². The molecule has 178 valence electrons. The van der Waals surface area contributed by atoms with E-state index in [1.165, 1.54) is 154 Å². The van der Waals surface area contributed by atoms with Gasteiger partial charge in [-0.3, -0.25) is 0 Å². The Balaban J connectivity index is 3.05. The van der Waals surface area contributed by atoms with Crippen LogP contribution in [0.1, 0.15) is 167 Å². The van der Waals surface area contributed by atoms with Crippen LogP contribution in [0.15, 0.2) is 12.2 Å². The number of hydrogen-bond donors (Lipinski definition) is 0. The maximum absolute atomic E-state index is 3.91. The van der Waals surface area contributed by atoms with Gasteiger partial charge in [-0.2, -0.15) is 0 Å². The molecular formula is C30H58. The van der Waals surface area contributed by atoms with Crippen LogP contribution >= 0.6 is 0 Å². The van der Waals surface area contributed by atoms with Gasteiger partial charge in [0, 0.05) is 0 Å². The summed E-state index contributed by atoms with van der Waals surface area (Å²) in [6.07, 6.45) is 41.2. The zero-order chi connectivity index (χ0) is 21.8. The minimum Gasteiger partial charge on any atom is -0.0885 e. The number of rotatable bonds is 26. The summed E-state index contributed by atoms with van der Waals surface area (Å²) in [6.45, 7) is 7.82. The van der Waals surface area contributed by atoms with Crippen LogP contribution in [0.25, 0.3) is 0 Å². The third-order valence-corrected chi connectivity index (χ3v) is 6.41. The Morgan fingerprint density at radius 2 is 0.467 bits per heavy atom. The van der Waals surface area contributed by atoms with E-state index < -0.39 is 0 Å². The standard InChI is InChI=1S/C30H58/c1-3-5-7-9-11-13-15-17-19-21-23-25-27-29-30-28-26-24-22-20-18-16-14-12-10-8-6-4-2/h23,25H,1-22,24,26-30H2/b25-23+. The minimum absolute atomic E-state index is 1.12. The second-order valence-electron chi connectivity index (χ2n) is 9.53. The van der Waals surface area contributed by atoms with Crippen molar-refractivity contribution in [2.75, 3.05) is 0 Å². The van der Waals surface area contributed by atoms with Crippen molar-refractivity contribution in [3.63, 3.8) is 0 Å². The SMILES string of the molecule is [CH2]CCCCCCCCCC/C=C/CCCCCCCCCCCCCCCC[CH2]. The molecule has 0 unspecified atom stereocenters. The maximum atomic E-state index is 3.91. The molecule has 0 aromatic heterocycles. The van der Waals surface area contributed by atoms with Crippen molar-refractivity contribution in [2.24, 2.45) is 0 Å². The van der Waals surface area contributed by atoms with Gasteiger partial charge >= 0.3 is 0 Å². The lowest BCUT2D eigenvalue weighted by molar-refractivity contribution is 0.534. The van der Waals surface area contributed by atoms with Gasteiger partial charge in [0.05, 0.1) is 0 Å². The Morgan fingerprint density at radius 3 is 0.700 bits per heavy atom. The molecule has 30 heavy (non-hydrogen) atoms. The first-order chi connectivity index (χ1) is 14.9. The van der Waals surface area contributed by atoms with Gasteiger partial charge in [0.15, 0.2) is 0 Å². The molecule has 0 aliphatic heterocycles. The van der Waals surface area contributed by atoms with E-state index in [-0.39, 0.29) is 0 Å². The van der Waals surface area contributed by atoms with Gasteiger partial charge in [0.25, 0.3) is 0 Å². The molecule has 0 aromatic rings. The Hall–Kier alpha value is -0.260. The van der Waals surface area contributed by atoms with Crippen LogP contribution in [0.4, 0.5) is 0 Å². The summed E-state index contributed by atoms with van der Waals surface area (Å²) in [7, 11) is 0. The van der Waals surface area contributed by atoms with Gasteiger partial charge in [0.1, 0.15) is 0 Å². The van der Waals surface area contributed by atoms with Gasteiger partial charge in [-0.1, -0.05) is 167 Å². The highest BCUT2D eigenvalue weighted by Crippen LogP contribution is 2.14. The smallest absolute Gasteiger partial charge is 0.0351 e. The highest BCUT2D eigenvalue weighted by Gasteiger charge is 1.94. The van der Waals surface area contributed by atoms with Crippen molar-refractivity contribution in [3.05, 3.63) is 26.0 Å². The summed E-state index contributed by atoms with van der Waals surface area (Å²) in [4.78, 5) is 0. The molecule has 0 atom stereocenters. The molecule has 0 heterocycles. The Bertz CT molecular complexity index is 303. The molecule has 0 bridgehead atoms. The quantitative estimate of drug-likeness (QED) is 0.0967. The molecule has 0 amide bonds. The van der Waals surface area contributed by atoms with Gasteiger partial charge in [-0.05, 0) is 25.7 Å². The van der Waals surface area contributed by atoms with E-state index >= 15 is 0 Å². The molecule has 0 aliphatic carbocycles. The molecule has 0 heteroatoms. The second-order valence-corrected chi connectivity index (χ2v) is 9.53. The Labute approximate surface area is 193 Å². The fourth-order valence-electron chi connectivity index (χ4n) is 4.30. The van der Waals surface area contributed by atoms with Crippen LogP contribution in [-0.4, -0.2) is 0 Å². The van der Waals surface area contributed by atoms with Crippen LogP contribution in [0.2, 0.25) is 0 Å². The molecule has 0 aromatic carbocycles. The fourth-order valence-corrected chi connectivity index (χ4v) is 4.30. The van der Waals surface area contributed by atoms with Crippen molar-refractivity contribution in [3.8, 4) is 0 Å². The molecular weight excluding hydrogens is 360 g/mol. The van der Waals surface area contributed by atoms with E-state index in [1.54, 1.807) is 0 Å². The zero-order valence-corrected chi connectivity index (χ0v) is 21.0. The first kappa shape index (κ1) is 29.7. The van der Waals surface area contributed by atoms with Crippen molar-refractivity contribution in [1.82, 2.24) is 0 Å². The van der Waals surface area contributed by atoms with Crippen molar-refractivity contribution in [2.45, 2.75) is 167 Å². The predicted octanol–water partition coefficient (Wildman–Crippen LogP) is 11.4. The number of allylic oxidation sites excluding steroid dienone is 2. The van der Waals surface area contributed by atoms with Crippen molar-refractivity contribution >= 4 is 0 Å². The molecule has 0 saturated heterocycles. The summed E-state index contributed by atoms with van der Waals surface area (Å²) in [5.41, 5.74) is 0. The third kappa shape index (κ3) is 27.7. The minimum atomic E-state index is 1.12. The predicted molar refractivity (Wildman–Crippen MR) is 140 cm³/mol. The van der Waals surface area contributed by atoms with Crippen LogP contribution in [0.3, 0.4) is 0 Å². The first-order valence-corrected chi connectivity index (χ1v) is 14.1. The zero-order valence-electron chi connectivity index (χ0n) is 21.0. The van der Waals surface area contributed by atoms with E-state index in [0.717, 1.165) is 12.8 Å². The van der Waals surface area contributed by atoms with Gasteiger partial charge in [0.2, 0.25) is 0 Å². The maximum Gasteiger partial charge on any atom is -0.0351 e. The molecule has 0 N–H and O–H groups in total. The largest absolute Gasteiger partial charge is 0.0885 e. The molecule has 0 fully saturated rings. The van der Waals surface area contributed by atoms with Crippen LogP contribution in [-0.2, 0) is 0 Å². The lowest BCUT2D eigenvalue weighted by Gasteiger charge is -2.03. The van der Waals surface area contributed by atoms with Crippen LogP contribution < -0.4 is 0 Å². The summed E-state index contributed by atoms with van der Waals surface area (Å²) in [5, 5.41) is 0.